The number of hydrogen-bond donors (Lipinski definition) is 0. The number of anilines is 1. The number of nitro benzene ring substituents is 1. The normalized spacial score (nSPS) is 12.5. The van der Waals surface area contributed by atoms with E-state index in [0.29, 0.717) is 48.5 Å². The first-order valence-corrected chi connectivity index (χ1v) is 10.2. The Hall–Kier alpha value is -2.95. The Bertz CT molecular complexity index is 1080. The zero-order valence-electron chi connectivity index (χ0n) is 16.9. The third kappa shape index (κ3) is 4.87. The van der Waals surface area contributed by atoms with Gasteiger partial charge in [-0.1, -0.05) is 17.4 Å². The summed E-state index contributed by atoms with van der Waals surface area (Å²) in [5.74, 6) is 0.959. The molecular formula is C20H21ClN4O5S. The molecule has 0 aliphatic carbocycles. The number of carbonyl (C=O) groups is 1. The van der Waals surface area contributed by atoms with Crippen LogP contribution in [0.1, 0.15) is 10.4 Å². The van der Waals surface area contributed by atoms with Crippen LogP contribution in [0.3, 0.4) is 0 Å². The Morgan fingerprint density at radius 2 is 1.87 bits per heavy atom. The molecule has 0 N–H and O–H groups in total. The minimum absolute atomic E-state index is 0. The van der Waals surface area contributed by atoms with Crippen molar-refractivity contribution in [3.63, 3.8) is 0 Å². The second kappa shape index (κ2) is 9.46. The average Bonchev–Trinajstić information content (AvgIpc) is 3.14. The number of aromatic nitrogens is 1. The molecule has 3 aromatic rings. The van der Waals surface area contributed by atoms with Crippen molar-refractivity contribution in [2.75, 3.05) is 45.3 Å². The minimum Gasteiger partial charge on any atom is -0.486 e. The van der Waals surface area contributed by atoms with E-state index >= 15 is 0 Å². The van der Waals surface area contributed by atoms with Crippen LogP contribution < -0.4 is 14.4 Å². The van der Waals surface area contributed by atoms with Crippen LogP contribution in [0.15, 0.2) is 36.4 Å². The van der Waals surface area contributed by atoms with Crippen molar-refractivity contribution in [1.29, 1.82) is 0 Å². The third-order valence-corrected chi connectivity index (χ3v) is 5.63. The highest BCUT2D eigenvalue weighted by Gasteiger charge is 2.24. The molecule has 0 atom stereocenters. The summed E-state index contributed by atoms with van der Waals surface area (Å²) in [7, 11) is 3.83. The number of hydrogen-bond acceptors (Lipinski definition) is 8. The van der Waals surface area contributed by atoms with Crippen molar-refractivity contribution >= 4 is 50.7 Å². The van der Waals surface area contributed by atoms with Crippen LogP contribution in [0.4, 0.5) is 10.8 Å². The largest absolute Gasteiger partial charge is 0.486 e. The summed E-state index contributed by atoms with van der Waals surface area (Å²) >= 11 is 1.37. The molecule has 0 unspecified atom stereocenters. The number of amides is 1. The van der Waals surface area contributed by atoms with Gasteiger partial charge in [-0.25, -0.2) is 4.98 Å². The van der Waals surface area contributed by atoms with Gasteiger partial charge in [-0.05, 0) is 20.2 Å². The van der Waals surface area contributed by atoms with Gasteiger partial charge in [0.25, 0.3) is 11.6 Å². The monoisotopic (exact) mass is 464 g/mol. The number of likely N-dealkylation sites (N-methyl/N-ethyl adjacent to an activating group) is 1. The van der Waals surface area contributed by atoms with Gasteiger partial charge in [0.15, 0.2) is 16.6 Å². The maximum absolute atomic E-state index is 13.3. The smallest absolute Gasteiger partial charge is 0.270 e. The molecule has 2 heterocycles. The highest BCUT2D eigenvalue weighted by molar-refractivity contribution is 7.22. The molecule has 1 amide bonds. The van der Waals surface area contributed by atoms with E-state index in [4.69, 9.17) is 9.47 Å². The molecule has 0 saturated carbocycles. The Balaban J connectivity index is 0.00000272. The van der Waals surface area contributed by atoms with E-state index in [2.05, 4.69) is 4.98 Å². The highest BCUT2D eigenvalue weighted by atomic mass is 35.5. The second-order valence-corrected chi connectivity index (χ2v) is 8.04. The number of benzene rings is 2. The fraction of sp³-hybridized carbons (Fsp3) is 0.300. The number of nitrogens with zero attached hydrogens (tertiary/aromatic N) is 4. The van der Waals surface area contributed by atoms with E-state index in [1.807, 2.05) is 31.1 Å². The van der Waals surface area contributed by atoms with E-state index in [-0.39, 0.29) is 29.6 Å². The summed E-state index contributed by atoms with van der Waals surface area (Å²) in [6.45, 7) is 1.97. The van der Waals surface area contributed by atoms with Gasteiger partial charge >= 0.3 is 0 Å². The van der Waals surface area contributed by atoms with Crippen LogP contribution in [-0.4, -0.2) is 61.1 Å². The number of carbonyl (C=O) groups excluding carboxylic acids is 1. The first kappa shape index (κ1) is 22.7. The number of fused-ring (bicyclic) bond motifs is 2. The van der Waals surface area contributed by atoms with Crippen molar-refractivity contribution in [3.05, 3.63) is 52.1 Å². The van der Waals surface area contributed by atoms with Gasteiger partial charge in [0.1, 0.15) is 13.2 Å². The van der Waals surface area contributed by atoms with E-state index < -0.39 is 4.92 Å². The van der Waals surface area contributed by atoms with Crippen LogP contribution in [0.25, 0.3) is 10.2 Å². The Labute approximate surface area is 188 Å². The highest BCUT2D eigenvalue weighted by Crippen LogP contribution is 2.39. The fourth-order valence-corrected chi connectivity index (χ4v) is 4.06. The Morgan fingerprint density at radius 3 is 2.55 bits per heavy atom. The summed E-state index contributed by atoms with van der Waals surface area (Å²) in [4.78, 5) is 32.0. The summed E-state index contributed by atoms with van der Waals surface area (Å²) in [5, 5.41) is 11.6. The number of rotatable bonds is 6. The van der Waals surface area contributed by atoms with Crippen LogP contribution >= 0.6 is 23.7 Å². The maximum atomic E-state index is 13.3. The van der Waals surface area contributed by atoms with E-state index in [1.54, 1.807) is 11.0 Å². The summed E-state index contributed by atoms with van der Waals surface area (Å²) in [6.07, 6.45) is 0. The molecular weight excluding hydrogens is 444 g/mol. The lowest BCUT2D eigenvalue weighted by molar-refractivity contribution is -0.384. The first-order chi connectivity index (χ1) is 14.4. The summed E-state index contributed by atoms with van der Waals surface area (Å²) in [5.41, 5.74) is 0.828. The molecule has 0 bridgehead atoms. The zero-order valence-corrected chi connectivity index (χ0v) is 18.6. The van der Waals surface area contributed by atoms with Gasteiger partial charge in [-0.3, -0.25) is 19.8 Å². The average molecular weight is 465 g/mol. The molecule has 2 aromatic carbocycles. The summed E-state index contributed by atoms with van der Waals surface area (Å²) < 4.78 is 12.1. The molecule has 0 radical (unpaired) electrons. The molecule has 1 aromatic heterocycles. The molecule has 31 heavy (non-hydrogen) atoms. The third-order valence-electron chi connectivity index (χ3n) is 4.59. The Kier molecular flexibility index (Phi) is 6.94. The molecule has 1 aliphatic heterocycles. The van der Waals surface area contributed by atoms with Gasteiger partial charge < -0.3 is 14.4 Å². The first-order valence-electron chi connectivity index (χ1n) is 9.33. The topological polar surface area (TPSA) is 98.0 Å². The van der Waals surface area contributed by atoms with Crippen molar-refractivity contribution in [2.45, 2.75) is 0 Å². The molecule has 9 nitrogen and oxygen atoms in total. The number of thiazole rings is 1. The van der Waals surface area contributed by atoms with Gasteiger partial charge in [0.2, 0.25) is 0 Å². The quantitative estimate of drug-likeness (QED) is 0.406. The van der Waals surface area contributed by atoms with Crippen molar-refractivity contribution in [3.8, 4) is 11.5 Å². The minimum atomic E-state index is -0.511. The van der Waals surface area contributed by atoms with Crippen LogP contribution in [0.5, 0.6) is 11.5 Å². The molecule has 1 aliphatic rings. The van der Waals surface area contributed by atoms with E-state index in [1.165, 1.54) is 29.5 Å². The van der Waals surface area contributed by atoms with Gasteiger partial charge in [-0.15, -0.1) is 12.4 Å². The van der Waals surface area contributed by atoms with Gasteiger partial charge in [0.05, 0.1) is 15.1 Å². The lowest BCUT2D eigenvalue weighted by Gasteiger charge is -2.22. The fourth-order valence-electron chi connectivity index (χ4n) is 3.06. The Morgan fingerprint density at radius 1 is 1.16 bits per heavy atom. The van der Waals surface area contributed by atoms with Gasteiger partial charge in [-0.2, -0.15) is 0 Å². The van der Waals surface area contributed by atoms with Crippen molar-refractivity contribution in [2.24, 2.45) is 0 Å². The second-order valence-electron chi connectivity index (χ2n) is 7.03. The number of non-ortho nitro benzene ring substituents is 1. The number of halogens is 1. The van der Waals surface area contributed by atoms with E-state index in [9.17, 15) is 14.9 Å². The van der Waals surface area contributed by atoms with Crippen LogP contribution in [0, 0.1) is 10.1 Å². The zero-order chi connectivity index (χ0) is 21.3. The standard InChI is InChI=1S/C20H20N4O5S.ClH/c1-22(2)6-7-23(19(25)13-4-3-5-14(10-13)24(26)27)20-21-15-11-16-17(12-18(15)30-20)29-9-8-28-16;/h3-5,10-12H,6-9H2,1-2H3;1H. The lowest BCUT2D eigenvalue weighted by atomic mass is 10.2. The molecule has 0 saturated heterocycles. The van der Waals surface area contributed by atoms with E-state index in [0.717, 1.165) is 4.70 Å². The lowest BCUT2D eigenvalue weighted by Crippen LogP contribution is -2.36. The van der Waals surface area contributed by atoms with Gasteiger partial charge in [0, 0.05) is 42.9 Å². The molecule has 0 spiro atoms. The van der Waals surface area contributed by atoms with Crippen molar-refractivity contribution < 1.29 is 19.2 Å². The number of nitro groups is 1. The van der Waals surface area contributed by atoms with Crippen molar-refractivity contribution in [1.82, 2.24) is 9.88 Å². The predicted octanol–water partition coefficient (Wildman–Crippen LogP) is 3.61. The molecule has 164 valence electrons. The molecule has 4 rings (SSSR count). The molecule has 11 heteroatoms. The van der Waals surface area contributed by atoms with Crippen LogP contribution in [0.2, 0.25) is 0 Å². The summed E-state index contributed by atoms with van der Waals surface area (Å²) in [6, 6.07) is 9.42. The molecule has 0 fully saturated rings. The SMILES string of the molecule is CN(C)CCN(C(=O)c1cccc([N+](=O)[O-])c1)c1nc2cc3c(cc2s1)OCCO3.Cl. The maximum Gasteiger partial charge on any atom is 0.270 e. The number of ether oxygens (including phenoxy) is 2. The van der Waals surface area contributed by atoms with Crippen LogP contribution in [-0.2, 0) is 0 Å². The predicted molar refractivity (Wildman–Crippen MR) is 121 cm³/mol.